The number of alkyl carbamates (subject to hydrolysis) is 1. The Morgan fingerprint density at radius 2 is 1.88 bits per heavy atom. The van der Waals surface area contributed by atoms with Crippen LogP contribution in [-0.2, 0) is 20.0 Å². The van der Waals surface area contributed by atoms with E-state index < -0.39 is 23.7 Å². The molecule has 6 heteroatoms. The highest BCUT2D eigenvalue weighted by Gasteiger charge is 2.25. The van der Waals surface area contributed by atoms with Crippen molar-refractivity contribution in [2.24, 2.45) is 0 Å². The van der Waals surface area contributed by atoms with Gasteiger partial charge in [-0.05, 0) is 32.8 Å². The van der Waals surface area contributed by atoms with Gasteiger partial charge >= 0.3 is 12.1 Å². The monoisotopic (exact) mass is 367 g/mol. The van der Waals surface area contributed by atoms with E-state index in [9.17, 15) is 9.59 Å². The molecule has 0 spiro atoms. The first-order valence-electron chi connectivity index (χ1n) is 8.59. The molecule has 0 heterocycles. The maximum Gasteiger partial charge on any atom is 0.408 e. The van der Waals surface area contributed by atoms with E-state index in [0.717, 1.165) is 18.6 Å². The lowest BCUT2D eigenvalue weighted by Crippen LogP contribution is -2.45. The molecule has 0 saturated carbocycles. The third-order valence-electron chi connectivity index (χ3n) is 3.11. The van der Waals surface area contributed by atoms with Gasteiger partial charge in [-0.25, -0.2) is 9.59 Å². The van der Waals surface area contributed by atoms with E-state index in [0.29, 0.717) is 12.4 Å². The average molecular weight is 368 g/mol. The Bertz CT molecular complexity index is 528. The lowest BCUT2D eigenvalue weighted by atomic mass is 10.2. The Hall–Kier alpha value is -1.69. The molecule has 5 nitrogen and oxygen atoms in total. The summed E-state index contributed by atoms with van der Waals surface area (Å²) < 4.78 is 10.5. The molecule has 0 saturated heterocycles. The van der Waals surface area contributed by atoms with E-state index in [1.54, 1.807) is 32.5 Å². The molecule has 0 radical (unpaired) electrons. The van der Waals surface area contributed by atoms with Gasteiger partial charge in [0.15, 0.2) is 0 Å². The molecule has 0 aliphatic heterocycles. The summed E-state index contributed by atoms with van der Waals surface area (Å²) in [7, 11) is 0. The molecule has 1 aromatic rings. The summed E-state index contributed by atoms with van der Waals surface area (Å²) in [5.74, 6) is 0.772. The molecule has 0 fully saturated rings. The molecule has 1 unspecified atom stereocenters. The quantitative estimate of drug-likeness (QED) is 0.524. The number of esters is 1. The second-order valence-electron chi connectivity index (χ2n) is 6.72. The molecule has 0 aliphatic carbocycles. The molecule has 0 aliphatic rings. The van der Waals surface area contributed by atoms with Crippen molar-refractivity contribution >= 4 is 23.8 Å². The van der Waals surface area contributed by atoms with Crippen LogP contribution in [0.4, 0.5) is 4.79 Å². The topological polar surface area (TPSA) is 64.6 Å². The highest BCUT2D eigenvalue weighted by molar-refractivity contribution is 7.98. The number of rotatable bonds is 9. The first kappa shape index (κ1) is 21.4. The average Bonchev–Trinajstić information content (AvgIpc) is 2.53. The zero-order valence-corrected chi connectivity index (χ0v) is 16.4. The fraction of sp³-hybridized carbons (Fsp3) is 0.579. The van der Waals surface area contributed by atoms with Crippen LogP contribution in [0.3, 0.4) is 0 Å². The number of carbonyl (C=O) groups is 2. The van der Waals surface area contributed by atoms with Crippen molar-refractivity contribution in [3.05, 3.63) is 35.9 Å². The molecule has 0 aromatic heterocycles. The number of ether oxygens (including phenoxy) is 2. The molecular weight excluding hydrogens is 338 g/mol. The van der Waals surface area contributed by atoms with Crippen LogP contribution in [-0.4, -0.2) is 36.1 Å². The van der Waals surface area contributed by atoms with Gasteiger partial charge in [0.05, 0.1) is 6.61 Å². The van der Waals surface area contributed by atoms with Crippen LogP contribution >= 0.6 is 11.8 Å². The summed E-state index contributed by atoms with van der Waals surface area (Å²) in [6, 6.07) is 9.26. The van der Waals surface area contributed by atoms with Crippen LogP contribution in [0.2, 0.25) is 0 Å². The number of nitrogens with one attached hydrogen (secondary N) is 1. The highest BCUT2D eigenvalue weighted by Crippen LogP contribution is 2.14. The molecule has 1 N–H and O–H groups in total. The Labute approximate surface area is 154 Å². The van der Waals surface area contributed by atoms with Crippen molar-refractivity contribution in [3.63, 3.8) is 0 Å². The van der Waals surface area contributed by atoms with Gasteiger partial charge in [0.1, 0.15) is 11.6 Å². The predicted molar refractivity (Wildman–Crippen MR) is 102 cm³/mol. The largest absolute Gasteiger partial charge is 0.464 e. The van der Waals surface area contributed by atoms with Gasteiger partial charge in [0, 0.05) is 11.5 Å². The Morgan fingerprint density at radius 1 is 1.20 bits per heavy atom. The second kappa shape index (κ2) is 11.0. The van der Waals surface area contributed by atoms with E-state index in [4.69, 9.17) is 9.47 Å². The first-order chi connectivity index (χ1) is 11.8. The molecule has 0 bridgehead atoms. The summed E-state index contributed by atoms with van der Waals surface area (Å²) in [5.41, 5.74) is 0.556. The van der Waals surface area contributed by atoms with Crippen LogP contribution in [0.1, 0.15) is 46.1 Å². The Balaban J connectivity index is 2.56. The van der Waals surface area contributed by atoms with Crippen LogP contribution in [0.5, 0.6) is 0 Å². The zero-order chi connectivity index (χ0) is 18.7. The molecular formula is C19H29NO4S. The summed E-state index contributed by atoms with van der Waals surface area (Å²) in [5, 5.41) is 2.63. The van der Waals surface area contributed by atoms with E-state index in [2.05, 4.69) is 5.32 Å². The van der Waals surface area contributed by atoms with E-state index in [-0.39, 0.29) is 0 Å². The fourth-order valence-corrected chi connectivity index (χ4v) is 2.91. The van der Waals surface area contributed by atoms with E-state index >= 15 is 0 Å². The molecule has 1 amide bonds. The number of carbonyl (C=O) groups excluding carboxylic acids is 2. The van der Waals surface area contributed by atoms with E-state index in [1.807, 2.05) is 37.3 Å². The minimum atomic E-state index is -0.722. The minimum absolute atomic E-state index is 0.366. The number of benzene rings is 1. The van der Waals surface area contributed by atoms with Gasteiger partial charge in [0.25, 0.3) is 0 Å². The van der Waals surface area contributed by atoms with E-state index in [1.165, 1.54) is 5.56 Å². The van der Waals surface area contributed by atoms with Crippen LogP contribution in [0, 0.1) is 0 Å². The molecule has 25 heavy (non-hydrogen) atoms. The smallest absolute Gasteiger partial charge is 0.408 e. The minimum Gasteiger partial charge on any atom is -0.464 e. The SMILES string of the molecule is CCCCOC(=O)C(CSCc1ccccc1)NC(=O)OC(C)(C)C. The van der Waals surface area contributed by atoms with Crippen molar-refractivity contribution in [2.75, 3.05) is 12.4 Å². The Kier molecular flexibility index (Phi) is 9.42. The van der Waals surface area contributed by atoms with Crippen LogP contribution in [0.15, 0.2) is 30.3 Å². The van der Waals surface area contributed by atoms with Crippen LogP contribution < -0.4 is 5.32 Å². The van der Waals surface area contributed by atoms with Gasteiger partial charge < -0.3 is 14.8 Å². The van der Waals surface area contributed by atoms with Crippen molar-refractivity contribution < 1.29 is 19.1 Å². The van der Waals surface area contributed by atoms with Gasteiger partial charge in [0.2, 0.25) is 0 Å². The van der Waals surface area contributed by atoms with Gasteiger partial charge in [-0.3, -0.25) is 0 Å². The van der Waals surface area contributed by atoms with Gasteiger partial charge in [-0.2, -0.15) is 11.8 Å². The highest BCUT2D eigenvalue weighted by atomic mass is 32.2. The van der Waals surface area contributed by atoms with Crippen LogP contribution in [0.25, 0.3) is 0 Å². The molecule has 140 valence electrons. The lowest BCUT2D eigenvalue weighted by molar-refractivity contribution is -0.145. The normalized spacial score (nSPS) is 12.3. The maximum atomic E-state index is 12.3. The van der Waals surface area contributed by atoms with Crippen molar-refractivity contribution in [2.45, 2.75) is 57.9 Å². The number of amides is 1. The second-order valence-corrected chi connectivity index (χ2v) is 7.75. The third kappa shape index (κ3) is 10.0. The number of unbranched alkanes of at least 4 members (excludes halogenated alkanes) is 1. The fourth-order valence-electron chi connectivity index (χ4n) is 1.91. The number of hydrogen-bond donors (Lipinski definition) is 1. The summed E-state index contributed by atoms with van der Waals surface area (Å²) in [6.45, 7) is 7.74. The standard InChI is InChI=1S/C19H29NO4S/c1-5-6-12-23-17(21)16(20-18(22)24-19(2,3)4)14-25-13-15-10-8-7-9-11-15/h7-11,16H,5-6,12-14H2,1-4H3,(H,20,22). The van der Waals surface area contributed by atoms with Gasteiger partial charge in [-0.15, -0.1) is 0 Å². The van der Waals surface area contributed by atoms with Gasteiger partial charge in [-0.1, -0.05) is 43.7 Å². The summed E-state index contributed by atoms with van der Waals surface area (Å²) in [6.07, 6.45) is 1.15. The molecule has 1 rings (SSSR count). The summed E-state index contributed by atoms with van der Waals surface area (Å²) >= 11 is 1.57. The third-order valence-corrected chi connectivity index (χ3v) is 4.22. The summed E-state index contributed by atoms with van der Waals surface area (Å²) in [4.78, 5) is 24.2. The number of hydrogen-bond acceptors (Lipinski definition) is 5. The predicted octanol–water partition coefficient (Wildman–Crippen LogP) is 4.16. The number of thioether (sulfide) groups is 1. The lowest BCUT2D eigenvalue weighted by Gasteiger charge is -2.23. The zero-order valence-electron chi connectivity index (χ0n) is 15.5. The first-order valence-corrected chi connectivity index (χ1v) is 9.75. The maximum absolute atomic E-state index is 12.3. The van der Waals surface area contributed by atoms with Crippen molar-refractivity contribution in [1.82, 2.24) is 5.32 Å². The Morgan fingerprint density at radius 3 is 2.48 bits per heavy atom. The molecule has 1 atom stereocenters. The molecule has 1 aromatic carbocycles. The van der Waals surface area contributed by atoms with Crippen molar-refractivity contribution in [3.8, 4) is 0 Å². The van der Waals surface area contributed by atoms with Crippen molar-refractivity contribution in [1.29, 1.82) is 0 Å².